The molecule has 0 aromatic carbocycles. The van der Waals surface area contributed by atoms with E-state index in [9.17, 15) is 4.79 Å². The van der Waals surface area contributed by atoms with E-state index < -0.39 is 0 Å². The van der Waals surface area contributed by atoms with Gasteiger partial charge in [0, 0.05) is 12.0 Å². The summed E-state index contributed by atoms with van der Waals surface area (Å²) in [6.07, 6.45) is 10.6. The average Bonchev–Trinajstić information content (AvgIpc) is 2.40. The molecule has 0 bridgehead atoms. The zero-order valence-electron chi connectivity index (χ0n) is 11.9. The molecule has 0 aliphatic heterocycles. The number of rotatable bonds is 2. The second kappa shape index (κ2) is 7.22. The van der Waals surface area contributed by atoms with Gasteiger partial charge in [0.25, 0.3) is 0 Å². The smallest absolute Gasteiger partial charge is 0.229 e. The fourth-order valence-electron chi connectivity index (χ4n) is 3.20. The van der Waals surface area contributed by atoms with Crippen molar-refractivity contribution in [1.29, 1.82) is 0 Å². The van der Waals surface area contributed by atoms with Crippen molar-refractivity contribution < 1.29 is 4.79 Å². The standard InChI is InChI=1S/C15H26N2OS/c1-11-7-9-12(10-8-11)14(18)17-15(19)16-13-5-3-2-4-6-13/h11-13H,2-10H2,1H3,(H2,16,17,18,19). The molecule has 2 fully saturated rings. The van der Waals surface area contributed by atoms with Gasteiger partial charge < -0.3 is 10.6 Å². The van der Waals surface area contributed by atoms with Crippen molar-refractivity contribution in [3.05, 3.63) is 0 Å². The van der Waals surface area contributed by atoms with Crippen LogP contribution in [0.1, 0.15) is 64.7 Å². The van der Waals surface area contributed by atoms with Crippen LogP contribution in [0.25, 0.3) is 0 Å². The van der Waals surface area contributed by atoms with Crippen LogP contribution in [0.3, 0.4) is 0 Å². The average molecular weight is 282 g/mol. The lowest BCUT2D eigenvalue weighted by Crippen LogP contribution is -2.47. The molecule has 19 heavy (non-hydrogen) atoms. The molecule has 0 heterocycles. The third-order valence-corrected chi connectivity index (χ3v) is 4.78. The molecule has 0 saturated heterocycles. The molecule has 0 aromatic heterocycles. The van der Waals surface area contributed by atoms with Crippen LogP contribution in [0.5, 0.6) is 0 Å². The van der Waals surface area contributed by atoms with Crippen molar-refractivity contribution in [2.75, 3.05) is 0 Å². The van der Waals surface area contributed by atoms with Crippen LogP contribution in [0.2, 0.25) is 0 Å². The highest BCUT2D eigenvalue weighted by atomic mass is 32.1. The third-order valence-electron chi connectivity index (χ3n) is 4.56. The number of hydrogen-bond acceptors (Lipinski definition) is 2. The molecule has 0 aromatic rings. The minimum Gasteiger partial charge on any atom is -0.360 e. The molecule has 4 heteroatoms. The van der Waals surface area contributed by atoms with Gasteiger partial charge in [-0.25, -0.2) is 0 Å². The predicted molar refractivity (Wildman–Crippen MR) is 81.9 cm³/mol. The Morgan fingerprint density at radius 1 is 1.00 bits per heavy atom. The Kier molecular flexibility index (Phi) is 5.61. The summed E-state index contributed by atoms with van der Waals surface area (Å²) in [5, 5.41) is 6.73. The molecule has 0 atom stereocenters. The SMILES string of the molecule is CC1CCC(C(=O)NC(=S)NC2CCCCC2)CC1. The van der Waals surface area contributed by atoms with Crippen LogP contribution in [-0.4, -0.2) is 17.1 Å². The van der Waals surface area contributed by atoms with E-state index in [1.807, 2.05) is 0 Å². The molecular weight excluding hydrogens is 256 g/mol. The number of thiocarbonyl (C=S) groups is 1. The summed E-state index contributed by atoms with van der Waals surface area (Å²) >= 11 is 5.26. The second-order valence-corrected chi connectivity index (χ2v) is 6.66. The van der Waals surface area contributed by atoms with Gasteiger partial charge in [-0.05, 0) is 56.7 Å². The fraction of sp³-hybridized carbons (Fsp3) is 0.867. The lowest BCUT2D eigenvalue weighted by atomic mass is 9.82. The van der Waals surface area contributed by atoms with E-state index in [2.05, 4.69) is 17.6 Å². The Bertz CT molecular complexity index is 318. The quantitative estimate of drug-likeness (QED) is 0.765. The third kappa shape index (κ3) is 4.75. The predicted octanol–water partition coefficient (Wildman–Crippen LogP) is 3.14. The van der Waals surface area contributed by atoms with E-state index >= 15 is 0 Å². The molecule has 0 spiro atoms. The number of hydrogen-bond donors (Lipinski definition) is 2. The first-order valence-corrected chi connectivity index (χ1v) is 8.17. The van der Waals surface area contributed by atoms with Gasteiger partial charge in [0.15, 0.2) is 5.11 Å². The lowest BCUT2D eigenvalue weighted by molar-refractivity contribution is -0.124. The largest absolute Gasteiger partial charge is 0.360 e. The van der Waals surface area contributed by atoms with E-state index in [-0.39, 0.29) is 11.8 Å². The summed E-state index contributed by atoms with van der Waals surface area (Å²) in [6.45, 7) is 2.27. The maximum Gasteiger partial charge on any atom is 0.229 e. The van der Waals surface area contributed by atoms with Crippen molar-refractivity contribution in [2.24, 2.45) is 11.8 Å². The van der Waals surface area contributed by atoms with Crippen LogP contribution in [0.15, 0.2) is 0 Å². The van der Waals surface area contributed by atoms with Crippen molar-refractivity contribution in [3.63, 3.8) is 0 Å². The molecule has 2 aliphatic rings. The highest BCUT2D eigenvalue weighted by molar-refractivity contribution is 7.80. The van der Waals surface area contributed by atoms with Crippen molar-refractivity contribution in [2.45, 2.75) is 70.8 Å². The monoisotopic (exact) mass is 282 g/mol. The zero-order chi connectivity index (χ0) is 13.7. The number of carbonyl (C=O) groups is 1. The Morgan fingerprint density at radius 3 is 2.26 bits per heavy atom. The van der Waals surface area contributed by atoms with Crippen LogP contribution in [0.4, 0.5) is 0 Å². The summed E-state index contributed by atoms with van der Waals surface area (Å²) in [7, 11) is 0. The maximum atomic E-state index is 12.1. The number of nitrogens with one attached hydrogen (secondary N) is 2. The molecule has 0 radical (unpaired) electrons. The normalized spacial score (nSPS) is 28.7. The topological polar surface area (TPSA) is 41.1 Å². The van der Waals surface area contributed by atoms with Crippen molar-refractivity contribution in [1.82, 2.24) is 10.6 Å². The highest BCUT2D eigenvalue weighted by Crippen LogP contribution is 2.28. The summed E-state index contributed by atoms with van der Waals surface area (Å²) in [5.74, 6) is 1.07. The molecule has 0 unspecified atom stereocenters. The Balaban J connectivity index is 1.70. The first kappa shape index (κ1) is 14.8. The molecule has 3 nitrogen and oxygen atoms in total. The van der Waals surface area contributed by atoms with Gasteiger partial charge in [0.1, 0.15) is 0 Å². The van der Waals surface area contributed by atoms with Crippen molar-refractivity contribution >= 4 is 23.2 Å². The van der Waals surface area contributed by atoms with Crippen LogP contribution in [0, 0.1) is 11.8 Å². The van der Waals surface area contributed by atoms with Crippen molar-refractivity contribution in [3.8, 4) is 0 Å². The van der Waals surface area contributed by atoms with Gasteiger partial charge in [-0.1, -0.05) is 26.2 Å². The van der Waals surface area contributed by atoms with Gasteiger partial charge in [-0.15, -0.1) is 0 Å². The first-order valence-electron chi connectivity index (χ1n) is 7.76. The summed E-state index contributed by atoms with van der Waals surface area (Å²) < 4.78 is 0. The fourth-order valence-corrected chi connectivity index (χ4v) is 3.47. The second-order valence-electron chi connectivity index (χ2n) is 6.25. The molecular formula is C15H26N2OS. The Labute approximate surface area is 121 Å². The van der Waals surface area contributed by atoms with E-state index in [1.165, 1.54) is 44.9 Å². The van der Waals surface area contributed by atoms with E-state index in [0.717, 1.165) is 18.8 Å². The van der Waals surface area contributed by atoms with Crippen LogP contribution >= 0.6 is 12.2 Å². The molecule has 1 amide bonds. The van der Waals surface area contributed by atoms with Gasteiger partial charge in [0.2, 0.25) is 5.91 Å². The summed E-state index contributed by atoms with van der Waals surface area (Å²) in [4.78, 5) is 12.1. The minimum atomic E-state index is 0.125. The Morgan fingerprint density at radius 2 is 1.63 bits per heavy atom. The summed E-state index contributed by atoms with van der Waals surface area (Å²) in [5.41, 5.74) is 0. The van der Waals surface area contributed by atoms with E-state index in [1.54, 1.807) is 0 Å². The highest BCUT2D eigenvalue weighted by Gasteiger charge is 2.25. The zero-order valence-corrected chi connectivity index (χ0v) is 12.7. The number of amides is 1. The Hall–Kier alpha value is -0.640. The summed E-state index contributed by atoms with van der Waals surface area (Å²) in [6, 6.07) is 0.466. The molecule has 2 saturated carbocycles. The van der Waals surface area contributed by atoms with E-state index in [0.29, 0.717) is 11.2 Å². The van der Waals surface area contributed by atoms with Gasteiger partial charge in [0.05, 0.1) is 0 Å². The van der Waals surface area contributed by atoms with Crippen LogP contribution in [-0.2, 0) is 4.79 Å². The molecule has 2 aliphatic carbocycles. The molecule has 2 N–H and O–H groups in total. The number of carbonyl (C=O) groups excluding carboxylic acids is 1. The lowest BCUT2D eigenvalue weighted by Gasteiger charge is -2.27. The van der Waals surface area contributed by atoms with Gasteiger partial charge in [-0.2, -0.15) is 0 Å². The van der Waals surface area contributed by atoms with Crippen LogP contribution < -0.4 is 10.6 Å². The minimum absolute atomic E-state index is 0.125. The van der Waals surface area contributed by atoms with Gasteiger partial charge in [-0.3, -0.25) is 4.79 Å². The molecule has 2 rings (SSSR count). The van der Waals surface area contributed by atoms with E-state index in [4.69, 9.17) is 12.2 Å². The maximum absolute atomic E-state index is 12.1. The van der Waals surface area contributed by atoms with Gasteiger partial charge >= 0.3 is 0 Å². The first-order chi connectivity index (χ1) is 9.15. The molecule has 108 valence electrons.